The average Bonchev–Trinajstić information content (AvgIpc) is 3.08. The normalized spacial score (nSPS) is 12.3. The Morgan fingerprint density at radius 3 is 2.70 bits per heavy atom. The summed E-state index contributed by atoms with van der Waals surface area (Å²) in [7, 11) is 0. The number of carbonyl (C=O) groups excluding carboxylic acids is 1. The van der Waals surface area contributed by atoms with Crippen LogP contribution in [0.25, 0.3) is 0 Å². The molecule has 2 aromatic carbocycles. The second-order valence-electron chi connectivity index (χ2n) is 5.33. The van der Waals surface area contributed by atoms with Gasteiger partial charge < -0.3 is 18.9 Å². The molecule has 7 nitrogen and oxygen atoms in total. The summed E-state index contributed by atoms with van der Waals surface area (Å²) in [4.78, 5) is 11.9. The van der Waals surface area contributed by atoms with Crippen molar-refractivity contribution in [1.82, 2.24) is 5.43 Å². The zero-order valence-corrected chi connectivity index (χ0v) is 17.5. The number of rotatable bonds is 7. The van der Waals surface area contributed by atoms with Crippen molar-refractivity contribution in [3.05, 3.63) is 44.8 Å². The maximum absolute atomic E-state index is 11.9. The molecule has 1 N–H and O–H groups in total. The van der Waals surface area contributed by atoms with E-state index < -0.39 is 0 Å². The largest absolute Gasteiger partial charge is 0.493 e. The molecule has 27 heavy (non-hydrogen) atoms. The molecule has 0 aromatic heterocycles. The number of amides is 1. The van der Waals surface area contributed by atoms with Crippen molar-refractivity contribution in [2.24, 2.45) is 5.10 Å². The molecule has 0 saturated carbocycles. The van der Waals surface area contributed by atoms with E-state index in [0.717, 1.165) is 8.95 Å². The van der Waals surface area contributed by atoms with E-state index in [1.165, 1.54) is 6.21 Å². The molecule has 1 heterocycles. The highest BCUT2D eigenvalue weighted by Gasteiger charge is 2.17. The summed E-state index contributed by atoms with van der Waals surface area (Å²) >= 11 is 6.73. The summed E-state index contributed by atoms with van der Waals surface area (Å²) in [5.74, 6) is 1.99. The molecule has 0 atom stereocenters. The Labute approximate surface area is 172 Å². The minimum atomic E-state index is -0.389. The summed E-state index contributed by atoms with van der Waals surface area (Å²) in [5, 5.41) is 3.96. The van der Waals surface area contributed by atoms with Crippen molar-refractivity contribution in [2.75, 3.05) is 20.0 Å². The van der Waals surface area contributed by atoms with Crippen LogP contribution < -0.4 is 24.4 Å². The fourth-order valence-corrected chi connectivity index (χ4v) is 3.42. The van der Waals surface area contributed by atoms with E-state index in [1.807, 2.05) is 19.1 Å². The number of fused-ring (bicyclic) bond motifs is 1. The summed E-state index contributed by atoms with van der Waals surface area (Å²) in [6, 6.07) is 8.90. The number of hydrazone groups is 1. The van der Waals surface area contributed by atoms with Gasteiger partial charge in [0.15, 0.2) is 18.1 Å². The first-order chi connectivity index (χ1) is 13.1. The quantitative estimate of drug-likeness (QED) is 0.462. The van der Waals surface area contributed by atoms with Gasteiger partial charge in [0.1, 0.15) is 11.5 Å². The zero-order chi connectivity index (χ0) is 19.2. The Morgan fingerprint density at radius 2 is 1.96 bits per heavy atom. The van der Waals surface area contributed by atoms with E-state index in [-0.39, 0.29) is 19.3 Å². The first-order valence-electron chi connectivity index (χ1n) is 8.03. The summed E-state index contributed by atoms with van der Waals surface area (Å²) in [6.07, 6.45) is 1.49. The summed E-state index contributed by atoms with van der Waals surface area (Å²) < 4.78 is 23.4. The van der Waals surface area contributed by atoms with E-state index in [4.69, 9.17) is 18.9 Å². The van der Waals surface area contributed by atoms with Crippen LogP contribution in [0.4, 0.5) is 0 Å². The molecule has 0 spiro atoms. The Morgan fingerprint density at radius 1 is 1.19 bits per heavy atom. The van der Waals surface area contributed by atoms with E-state index in [2.05, 4.69) is 42.4 Å². The molecule has 1 aliphatic rings. The van der Waals surface area contributed by atoms with Crippen LogP contribution in [0.15, 0.2) is 44.4 Å². The number of hydrogen-bond donors (Lipinski definition) is 1. The molecule has 0 saturated heterocycles. The molecule has 142 valence electrons. The summed E-state index contributed by atoms with van der Waals surface area (Å²) in [5.41, 5.74) is 3.09. The molecular formula is C18H16Br2N2O5. The molecule has 0 bridgehead atoms. The SMILES string of the molecule is CCOc1cc2c(cc1/C=N\NC(=O)COc1ccc(Br)cc1Br)OCO2. The van der Waals surface area contributed by atoms with Crippen molar-refractivity contribution in [2.45, 2.75) is 6.92 Å². The maximum Gasteiger partial charge on any atom is 0.277 e. The molecule has 9 heteroatoms. The van der Waals surface area contributed by atoms with Crippen LogP contribution in [0.2, 0.25) is 0 Å². The molecule has 1 amide bonds. The predicted molar refractivity (Wildman–Crippen MR) is 107 cm³/mol. The summed E-state index contributed by atoms with van der Waals surface area (Å²) in [6.45, 7) is 2.37. The van der Waals surface area contributed by atoms with Crippen LogP contribution in [-0.2, 0) is 4.79 Å². The first kappa shape index (κ1) is 19.5. The van der Waals surface area contributed by atoms with Gasteiger partial charge >= 0.3 is 0 Å². The zero-order valence-electron chi connectivity index (χ0n) is 14.3. The number of nitrogens with zero attached hydrogens (tertiary/aromatic N) is 1. The molecule has 2 aromatic rings. The van der Waals surface area contributed by atoms with Gasteiger partial charge in [-0.15, -0.1) is 0 Å². The first-order valence-corrected chi connectivity index (χ1v) is 9.61. The lowest BCUT2D eigenvalue weighted by molar-refractivity contribution is -0.123. The van der Waals surface area contributed by atoms with Gasteiger partial charge in [-0.25, -0.2) is 5.43 Å². The Balaban J connectivity index is 1.59. The van der Waals surface area contributed by atoms with Crippen molar-refractivity contribution in [1.29, 1.82) is 0 Å². The highest BCUT2D eigenvalue weighted by atomic mass is 79.9. The van der Waals surface area contributed by atoms with Crippen LogP contribution in [0, 0.1) is 0 Å². The monoisotopic (exact) mass is 498 g/mol. The fraction of sp³-hybridized carbons (Fsp3) is 0.222. The van der Waals surface area contributed by atoms with Crippen LogP contribution >= 0.6 is 31.9 Å². The van der Waals surface area contributed by atoms with Crippen LogP contribution in [-0.4, -0.2) is 32.1 Å². The number of halogens is 2. The number of carbonyl (C=O) groups is 1. The van der Waals surface area contributed by atoms with Gasteiger partial charge in [0.2, 0.25) is 6.79 Å². The molecule has 0 aliphatic carbocycles. The second kappa shape index (κ2) is 9.09. The molecule has 0 unspecified atom stereocenters. The Bertz CT molecular complexity index is 873. The van der Waals surface area contributed by atoms with E-state index in [0.29, 0.717) is 35.2 Å². The lowest BCUT2D eigenvalue weighted by Crippen LogP contribution is -2.24. The minimum absolute atomic E-state index is 0.168. The van der Waals surface area contributed by atoms with Gasteiger partial charge in [0.05, 0.1) is 17.3 Å². The standard InChI is InChI=1S/C18H16Br2N2O5/c1-2-24-15-7-17-16(26-10-27-17)5-11(15)8-21-22-18(23)9-25-14-4-3-12(19)6-13(14)20/h3-8H,2,9-10H2,1H3,(H,22,23)/b21-8-. The topological polar surface area (TPSA) is 78.4 Å². The number of nitrogens with one attached hydrogen (secondary N) is 1. The third-order valence-electron chi connectivity index (χ3n) is 3.45. The maximum atomic E-state index is 11.9. The van der Waals surface area contributed by atoms with Gasteiger partial charge in [-0.05, 0) is 47.1 Å². The van der Waals surface area contributed by atoms with E-state index in [9.17, 15) is 4.79 Å². The van der Waals surface area contributed by atoms with Gasteiger partial charge in [-0.2, -0.15) is 5.10 Å². The molecule has 0 fully saturated rings. The molecule has 0 radical (unpaired) electrons. The molecule has 1 aliphatic heterocycles. The lowest BCUT2D eigenvalue weighted by Gasteiger charge is -2.09. The van der Waals surface area contributed by atoms with Gasteiger partial charge in [-0.3, -0.25) is 4.79 Å². The molecule has 3 rings (SSSR count). The van der Waals surface area contributed by atoms with Crippen molar-refractivity contribution in [3.63, 3.8) is 0 Å². The number of ether oxygens (including phenoxy) is 4. The minimum Gasteiger partial charge on any atom is -0.493 e. The van der Waals surface area contributed by atoms with Gasteiger partial charge in [0, 0.05) is 16.1 Å². The Hall–Kier alpha value is -2.26. The number of hydrogen-bond acceptors (Lipinski definition) is 6. The molecular weight excluding hydrogens is 484 g/mol. The highest BCUT2D eigenvalue weighted by molar-refractivity contribution is 9.11. The van der Waals surface area contributed by atoms with Crippen LogP contribution in [0.3, 0.4) is 0 Å². The smallest absolute Gasteiger partial charge is 0.277 e. The van der Waals surface area contributed by atoms with E-state index in [1.54, 1.807) is 18.2 Å². The lowest BCUT2D eigenvalue weighted by atomic mass is 10.2. The Kier molecular flexibility index (Phi) is 6.57. The van der Waals surface area contributed by atoms with Crippen LogP contribution in [0.1, 0.15) is 12.5 Å². The number of benzene rings is 2. The van der Waals surface area contributed by atoms with Gasteiger partial charge in [0.25, 0.3) is 5.91 Å². The predicted octanol–water partition coefficient (Wildman–Crippen LogP) is 3.87. The highest BCUT2D eigenvalue weighted by Crippen LogP contribution is 2.37. The van der Waals surface area contributed by atoms with Crippen molar-refractivity contribution in [3.8, 4) is 23.0 Å². The van der Waals surface area contributed by atoms with Crippen molar-refractivity contribution >= 4 is 44.0 Å². The van der Waals surface area contributed by atoms with Crippen LogP contribution in [0.5, 0.6) is 23.0 Å². The van der Waals surface area contributed by atoms with Gasteiger partial charge in [-0.1, -0.05) is 15.9 Å². The second-order valence-corrected chi connectivity index (χ2v) is 7.10. The average molecular weight is 500 g/mol. The third kappa shape index (κ3) is 5.14. The fourth-order valence-electron chi connectivity index (χ4n) is 2.26. The van der Waals surface area contributed by atoms with E-state index >= 15 is 0 Å². The third-order valence-corrected chi connectivity index (χ3v) is 4.56. The van der Waals surface area contributed by atoms with Crippen molar-refractivity contribution < 1.29 is 23.7 Å².